The number of rotatable bonds is 5. The van der Waals surface area contributed by atoms with Crippen molar-refractivity contribution in [2.45, 2.75) is 50.3 Å². The molecule has 0 aromatic heterocycles. The van der Waals surface area contributed by atoms with E-state index in [0.29, 0.717) is 6.54 Å². The first-order chi connectivity index (χ1) is 6.60. The summed E-state index contributed by atoms with van der Waals surface area (Å²) in [7, 11) is -3.11. The Morgan fingerprint density at radius 3 is 2.43 bits per heavy atom. The summed E-state index contributed by atoms with van der Waals surface area (Å²) in [6, 6.07) is -0.0967. The van der Waals surface area contributed by atoms with Gasteiger partial charge in [-0.05, 0) is 19.3 Å². The van der Waals surface area contributed by atoms with Gasteiger partial charge in [0.2, 0.25) is 10.0 Å². The minimum Gasteiger partial charge on any atom is -0.329 e. The van der Waals surface area contributed by atoms with Crippen molar-refractivity contribution in [1.29, 1.82) is 0 Å². The number of nitrogens with two attached hydrogens (primary N) is 1. The third-order valence-corrected chi connectivity index (χ3v) is 4.86. The summed E-state index contributed by atoms with van der Waals surface area (Å²) in [5.74, 6) is 0. The van der Waals surface area contributed by atoms with E-state index >= 15 is 0 Å². The molecule has 0 bridgehead atoms. The molecule has 1 rings (SSSR count). The maximum atomic E-state index is 11.8. The van der Waals surface area contributed by atoms with Crippen LogP contribution in [0, 0.1) is 0 Å². The third-order valence-electron chi connectivity index (χ3n) is 2.85. The predicted molar refractivity (Wildman–Crippen MR) is 57.4 cm³/mol. The van der Waals surface area contributed by atoms with Gasteiger partial charge in [0.1, 0.15) is 0 Å². The van der Waals surface area contributed by atoms with Gasteiger partial charge in [0.15, 0.2) is 0 Å². The third kappa shape index (κ3) is 2.93. The number of nitrogens with one attached hydrogen (secondary N) is 1. The molecule has 0 aliphatic heterocycles. The zero-order chi connectivity index (χ0) is 10.6. The molecule has 1 aliphatic carbocycles. The summed E-state index contributed by atoms with van der Waals surface area (Å²) in [6.45, 7) is 2.32. The van der Waals surface area contributed by atoms with Crippen LogP contribution >= 0.6 is 0 Å². The highest BCUT2D eigenvalue weighted by atomic mass is 32.2. The molecule has 4 nitrogen and oxygen atoms in total. The van der Waals surface area contributed by atoms with E-state index in [1.807, 2.05) is 6.92 Å². The van der Waals surface area contributed by atoms with Crippen molar-refractivity contribution in [2.75, 3.05) is 6.54 Å². The SMILES string of the molecule is CCC(CN)NS(=O)(=O)C1CCCC1. The van der Waals surface area contributed by atoms with Crippen LogP contribution in [-0.2, 0) is 10.0 Å². The molecule has 1 unspecified atom stereocenters. The van der Waals surface area contributed by atoms with Crippen LogP contribution in [0.2, 0.25) is 0 Å². The van der Waals surface area contributed by atoms with Gasteiger partial charge in [0.05, 0.1) is 5.25 Å². The fourth-order valence-corrected chi connectivity index (χ4v) is 3.70. The maximum absolute atomic E-state index is 11.8. The van der Waals surface area contributed by atoms with E-state index in [4.69, 9.17) is 5.73 Å². The maximum Gasteiger partial charge on any atom is 0.214 e. The second kappa shape index (κ2) is 5.09. The first-order valence-electron chi connectivity index (χ1n) is 5.31. The van der Waals surface area contributed by atoms with Crippen LogP contribution in [0.25, 0.3) is 0 Å². The van der Waals surface area contributed by atoms with E-state index in [2.05, 4.69) is 4.72 Å². The summed E-state index contributed by atoms with van der Waals surface area (Å²) in [5, 5.41) is -0.178. The van der Waals surface area contributed by atoms with Crippen LogP contribution in [0.4, 0.5) is 0 Å². The summed E-state index contributed by atoms with van der Waals surface area (Å²) < 4.78 is 26.3. The molecule has 0 aromatic rings. The number of sulfonamides is 1. The van der Waals surface area contributed by atoms with E-state index in [-0.39, 0.29) is 11.3 Å². The minimum absolute atomic E-state index is 0.0967. The van der Waals surface area contributed by atoms with E-state index in [9.17, 15) is 8.42 Å². The van der Waals surface area contributed by atoms with Gasteiger partial charge in [-0.3, -0.25) is 0 Å². The second-order valence-electron chi connectivity index (χ2n) is 3.91. The topological polar surface area (TPSA) is 72.2 Å². The molecular weight excluding hydrogens is 200 g/mol. The molecule has 14 heavy (non-hydrogen) atoms. The lowest BCUT2D eigenvalue weighted by molar-refractivity contribution is 0.529. The number of hydrogen-bond acceptors (Lipinski definition) is 3. The van der Waals surface area contributed by atoms with Gasteiger partial charge in [-0.15, -0.1) is 0 Å². The normalized spacial score (nSPS) is 21.3. The fraction of sp³-hybridized carbons (Fsp3) is 1.00. The number of hydrogen-bond donors (Lipinski definition) is 2. The molecule has 1 saturated carbocycles. The molecule has 0 radical (unpaired) electrons. The lowest BCUT2D eigenvalue weighted by atomic mass is 10.2. The van der Waals surface area contributed by atoms with Crippen LogP contribution in [-0.4, -0.2) is 26.3 Å². The largest absolute Gasteiger partial charge is 0.329 e. The lowest BCUT2D eigenvalue weighted by Gasteiger charge is -2.18. The first-order valence-corrected chi connectivity index (χ1v) is 6.86. The fourth-order valence-electron chi connectivity index (χ4n) is 1.83. The van der Waals surface area contributed by atoms with Gasteiger partial charge in [0.25, 0.3) is 0 Å². The van der Waals surface area contributed by atoms with Gasteiger partial charge in [-0.25, -0.2) is 13.1 Å². The van der Waals surface area contributed by atoms with Crippen LogP contribution in [0.5, 0.6) is 0 Å². The zero-order valence-corrected chi connectivity index (χ0v) is 9.52. The Hall–Kier alpha value is -0.130. The average Bonchev–Trinajstić information content (AvgIpc) is 2.67. The Kier molecular flexibility index (Phi) is 4.34. The minimum atomic E-state index is -3.11. The second-order valence-corrected chi connectivity index (χ2v) is 5.90. The Morgan fingerprint density at radius 1 is 1.43 bits per heavy atom. The van der Waals surface area contributed by atoms with Crippen molar-refractivity contribution in [3.63, 3.8) is 0 Å². The van der Waals surface area contributed by atoms with Gasteiger partial charge < -0.3 is 5.73 Å². The standard InChI is InChI=1S/C9H20N2O2S/c1-2-8(7-10)11-14(12,13)9-5-3-4-6-9/h8-9,11H,2-7,10H2,1H3. The van der Waals surface area contributed by atoms with E-state index in [0.717, 1.165) is 32.1 Å². The highest BCUT2D eigenvalue weighted by molar-refractivity contribution is 7.90. The molecule has 0 aromatic carbocycles. The van der Waals surface area contributed by atoms with Crippen molar-refractivity contribution >= 4 is 10.0 Å². The average molecular weight is 220 g/mol. The zero-order valence-electron chi connectivity index (χ0n) is 8.70. The molecule has 0 heterocycles. The van der Waals surface area contributed by atoms with Crippen molar-refractivity contribution in [2.24, 2.45) is 5.73 Å². The molecule has 1 fully saturated rings. The van der Waals surface area contributed by atoms with Crippen molar-refractivity contribution in [3.05, 3.63) is 0 Å². The van der Waals surface area contributed by atoms with Crippen molar-refractivity contribution in [1.82, 2.24) is 4.72 Å². The smallest absolute Gasteiger partial charge is 0.214 e. The Bertz CT molecular complexity index is 254. The lowest BCUT2D eigenvalue weighted by Crippen LogP contribution is -2.43. The molecule has 84 valence electrons. The summed E-state index contributed by atoms with van der Waals surface area (Å²) in [5.41, 5.74) is 5.46. The Labute approximate surface area is 86.3 Å². The van der Waals surface area contributed by atoms with E-state index in [1.165, 1.54) is 0 Å². The van der Waals surface area contributed by atoms with Gasteiger partial charge in [0, 0.05) is 12.6 Å². The van der Waals surface area contributed by atoms with Crippen LogP contribution in [0.15, 0.2) is 0 Å². The molecule has 0 spiro atoms. The van der Waals surface area contributed by atoms with Crippen LogP contribution in [0.1, 0.15) is 39.0 Å². The molecule has 0 saturated heterocycles. The van der Waals surface area contributed by atoms with Crippen LogP contribution < -0.4 is 10.5 Å². The summed E-state index contributed by atoms with van der Waals surface area (Å²) in [4.78, 5) is 0. The van der Waals surface area contributed by atoms with E-state index < -0.39 is 10.0 Å². The molecule has 1 atom stereocenters. The van der Waals surface area contributed by atoms with Gasteiger partial charge in [-0.1, -0.05) is 19.8 Å². The monoisotopic (exact) mass is 220 g/mol. The van der Waals surface area contributed by atoms with Gasteiger partial charge >= 0.3 is 0 Å². The highest BCUT2D eigenvalue weighted by Crippen LogP contribution is 2.24. The Morgan fingerprint density at radius 2 is 2.00 bits per heavy atom. The van der Waals surface area contributed by atoms with E-state index in [1.54, 1.807) is 0 Å². The molecule has 0 amide bonds. The molecule has 5 heteroatoms. The predicted octanol–water partition coefficient (Wildman–Crippen LogP) is 0.586. The van der Waals surface area contributed by atoms with Gasteiger partial charge in [-0.2, -0.15) is 0 Å². The Balaban J connectivity index is 2.56. The van der Waals surface area contributed by atoms with Crippen LogP contribution in [0.3, 0.4) is 0 Å². The van der Waals surface area contributed by atoms with Crippen molar-refractivity contribution in [3.8, 4) is 0 Å². The molecular formula is C9H20N2O2S. The first kappa shape index (κ1) is 11.9. The summed E-state index contributed by atoms with van der Waals surface area (Å²) >= 11 is 0. The highest BCUT2D eigenvalue weighted by Gasteiger charge is 2.29. The quantitative estimate of drug-likeness (QED) is 0.712. The van der Waals surface area contributed by atoms with Crippen molar-refractivity contribution < 1.29 is 8.42 Å². The summed E-state index contributed by atoms with van der Waals surface area (Å²) in [6.07, 6.45) is 4.42. The molecule has 3 N–H and O–H groups in total. The molecule has 1 aliphatic rings.